The number of urea groups is 1. The second-order valence-electron chi connectivity index (χ2n) is 6.34. The summed E-state index contributed by atoms with van der Waals surface area (Å²) in [5.74, 6) is 1.26. The first-order valence-corrected chi connectivity index (χ1v) is 7.85. The SMILES string of the molecule is N#CCc1ccc(NC(=O)N[C@@H]2[C@H]3CC[C@@H](C3)[C@@H]2CO)cc1. The molecule has 4 atom stereocenters. The monoisotopic (exact) mass is 299 g/mol. The van der Waals surface area contributed by atoms with Crippen LogP contribution in [-0.4, -0.2) is 23.8 Å². The number of hydrogen-bond acceptors (Lipinski definition) is 3. The lowest BCUT2D eigenvalue weighted by molar-refractivity contribution is 0.146. The molecule has 2 aliphatic carbocycles. The molecule has 3 rings (SSSR count). The first-order valence-electron chi connectivity index (χ1n) is 7.85. The van der Waals surface area contributed by atoms with Gasteiger partial charge in [-0.15, -0.1) is 0 Å². The fraction of sp³-hybridized carbons (Fsp3) is 0.529. The van der Waals surface area contributed by atoms with Gasteiger partial charge in [0.1, 0.15) is 0 Å². The van der Waals surface area contributed by atoms with Crippen LogP contribution in [0.5, 0.6) is 0 Å². The topological polar surface area (TPSA) is 85.2 Å². The largest absolute Gasteiger partial charge is 0.396 e. The number of aliphatic hydroxyl groups is 1. The number of anilines is 1. The number of aliphatic hydroxyl groups excluding tert-OH is 1. The van der Waals surface area contributed by atoms with Gasteiger partial charge >= 0.3 is 6.03 Å². The van der Waals surface area contributed by atoms with Gasteiger partial charge in [0, 0.05) is 24.3 Å². The molecule has 2 aliphatic rings. The van der Waals surface area contributed by atoms with Crippen LogP contribution in [0, 0.1) is 29.1 Å². The standard InChI is InChI=1S/C17H21N3O2/c18-8-7-11-1-5-14(6-2-11)19-17(22)20-16-13-4-3-12(9-13)15(16)10-21/h1-2,5-6,12-13,15-16,21H,3-4,7,9-10H2,(H2,19,20,22)/t12-,13-,15-,16+/m0/s1. The van der Waals surface area contributed by atoms with Crippen LogP contribution in [-0.2, 0) is 6.42 Å². The molecule has 0 aromatic heterocycles. The highest BCUT2D eigenvalue weighted by atomic mass is 16.3. The molecule has 2 fully saturated rings. The first kappa shape index (κ1) is 14.9. The highest BCUT2D eigenvalue weighted by Gasteiger charge is 2.47. The van der Waals surface area contributed by atoms with E-state index in [9.17, 15) is 9.90 Å². The summed E-state index contributed by atoms with van der Waals surface area (Å²) in [4.78, 5) is 12.2. The van der Waals surface area contributed by atoms with Gasteiger partial charge < -0.3 is 15.7 Å². The number of nitrogens with one attached hydrogen (secondary N) is 2. The van der Waals surface area contributed by atoms with E-state index in [2.05, 4.69) is 16.7 Å². The molecule has 1 aromatic rings. The zero-order valence-electron chi connectivity index (χ0n) is 12.5. The van der Waals surface area contributed by atoms with Crippen molar-refractivity contribution in [1.82, 2.24) is 5.32 Å². The predicted molar refractivity (Wildman–Crippen MR) is 83.1 cm³/mol. The Morgan fingerprint density at radius 2 is 2.00 bits per heavy atom. The van der Waals surface area contributed by atoms with Crippen molar-refractivity contribution < 1.29 is 9.90 Å². The normalized spacial score (nSPS) is 29.1. The van der Waals surface area contributed by atoms with Gasteiger partial charge in [-0.2, -0.15) is 5.26 Å². The van der Waals surface area contributed by atoms with Gasteiger partial charge in [0.2, 0.25) is 0 Å². The fourth-order valence-corrected chi connectivity index (χ4v) is 4.01. The van der Waals surface area contributed by atoms with Gasteiger partial charge in [0.25, 0.3) is 0 Å². The van der Waals surface area contributed by atoms with Gasteiger partial charge in [-0.05, 0) is 48.8 Å². The lowest BCUT2D eigenvalue weighted by Gasteiger charge is -2.30. The minimum Gasteiger partial charge on any atom is -0.396 e. The lowest BCUT2D eigenvalue weighted by Crippen LogP contribution is -2.46. The third-order valence-corrected chi connectivity index (χ3v) is 5.09. The molecule has 2 amide bonds. The van der Waals surface area contributed by atoms with Crippen LogP contribution in [0.3, 0.4) is 0 Å². The van der Waals surface area contributed by atoms with Gasteiger partial charge in [-0.3, -0.25) is 0 Å². The molecule has 0 unspecified atom stereocenters. The van der Waals surface area contributed by atoms with E-state index in [1.165, 1.54) is 6.42 Å². The summed E-state index contributed by atoms with van der Waals surface area (Å²) in [6.07, 6.45) is 3.82. The molecule has 22 heavy (non-hydrogen) atoms. The molecule has 5 nitrogen and oxygen atoms in total. The zero-order valence-corrected chi connectivity index (χ0v) is 12.5. The maximum atomic E-state index is 12.2. The Labute approximate surface area is 130 Å². The lowest BCUT2D eigenvalue weighted by atomic mass is 9.85. The minimum atomic E-state index is -0.218. The van der Waals surface area contributed by atoms with E-state index in [-0.39, 0.29) is 24.6 Å². The van der Waals surface area contributed by atoms with E-state index in [1.807, 2.05) is 12.1 Å². The van der Waals surface area contributed by atoms with Crippen LogP contribution in [0.15, 0.2) is 24.3 Å². The van der Waals surface area contributed by atoms with Gasteiger partial charge in [-0.25, -0.2) is 4.79 Å². The molecule has 2 bridgehead atoms. The molecule has 0 radical (unpaired) electrons. The molecule has 0 saturated heterocycles. The Bertz CT molecular complexity index is 579. The van der Waals surface area contributed by atoms with Gasteiger partial charge in [0.05, 0.1) is 12.5 Å². The predicted octanol–water partition coefficient (Wildman–Crippen LogP) is 2.28. The highest BCUT2D eigenvalue weighted by molar-refractivity contribution is 5.89. The Morgan fingerprint density at radius 1 is 1.27 bits per heavy atom. The molecule has 0 heterocycles. The van der Waals surface area contributed by atoms with Crippen molar-refractivity contribution in [2.24, 2.45) is 17.8 Å². The summed E-state index contributed by atoms with van der Waals surface area (Å²) < 4.78 is 0. The summed E-state index contributed by atoms with van der Waals surface area (Å²) in [6, 6.07) is 9.25. The summed E-state index contributed by atoms with van der Waals surface area (Å²) in [5, 5.41) is 24.1. The summed E-state index contributed by atoms with van der Waals surface area (Å²) in [7, 11) is 0. The van der Waals surface area contributed by atoms with Crippen LogP contribution in [0.25, 0.3) is 0 Å². The minimum absolute atomic E-state index is 0.0848. The van der Waals surface area contributed by atoms with E-state index >= 15 is 0 Å². The molecule has 5 heteroatoms. The second-order valence-corrected chi connectivity index (χ2v) is 6.34. The van der Waals surface area contributed by atoms with E-state index in [0.29, 0.717) is 23.9 Å². The Morgan fingerprint density at radius 3 is 2.68 bits per heavy atom. The number of carbonyl (C=O) groups is 1. The van der Waals surface area contributed by atoms with E-state index in [0.717, 1.165) is 18.4 Å². The van der Waals surface area contributed by atoms with Crippen LogP contribution in [0.1, 0.15) is 24.8 Å². The Balaban J connectivity index is 1.57. The van der Waals surface area contributed by atoms with Gasteiger partial charge in [-0.1, -0.05) is 12.1 Å². The smallest absolute Gasteiger partial charge is 0.319 e. The van der Waals surface area contributed by atoms with Crippen molar-refractivity contribution in [1.29, 1.82) is 5.26 Å². The average molecular weight is 299 g/mol. The molecule has 2 saturated carbocycles. The molecule has 1 aromatic carbocycles. The Kier molecular flexibility index (Phi) is 4.30. The molecular weight excluding hydrogens is 278 g/mol. The molecular formula is C17H21N3O2. The number of carbonyl (C=O) groups excluding carboxylic acids is 1. The van der Waals surface area contributed by atoms with Crippen molar-refractivity contribution in [2.45, 2.75) is 31.7 Å². The number of nitriles is 1. The molecule has 116 valence electrons. The molecule has 0 spiro atoms. The van der Waals surface area contributed by atoms with Gasteiger partial charge in [0.15, 0.2) is 0 Å². The summed E-state index contributed by atoms with van der Waals surface area (Å²) in [5.41, 5.74) is 1.64. The summed E-state index contributed by atoms with van der Waals surface area (Å²) in [6.45, 7) is 0.148. The first-order chi connectivity index (χ1) is 10.7. The average Bonchev–Trinajstić information content (AvgIpc) is 3.10. The van der Waals surface area contributed by atoms with E-state index in [1.54, 1.807) is 12.1 Å². The number of amides is 2. The number of rotatable bonds is 4. The molecule has 0 aliphatic heterocycles. The van der Waals surface area contributed by atoms with Crippen LogP contribution >= 0.6 is 0 Å². The number of hydrogen-bond donors (Lipinski definition) is 3. The van der Waals surface area contributed by atoms with E-state index in [4.69, 9.17) is 5.26 Å². The number of nitrogens with zero attached hydrogens (tertiary/aromatic N) is 1. The van der Waals surface area contributed by atoms with Crippen molar-refractivity contribution in [3.63, 3.8) is 0 Å². The van der Waals surface area contributed by atoms with Crippen LogP contribution in [0.4, 0.5) is 10.5 Å². The Hall–Kier alpha value is -2.06. The van der Waals surface area contributed by atoms with Crippen LogP contribution in [0.2, 0.25) is 0 Å². The summed E-state index contributed by atoms with van der Waals surface area (Å²) >= 11 is 0. The zero-order chi connectivity index (χ0) is 15.5. The van der Waals surface area contributed by atoms with Crippen molar-refractivity contribution >= 4 is 11.7 Å². The quantitative estimate of drug-likeness (QED) is 0.797. The number of fused-ring (bicyclic) bond motifs is 2. The van der Waals surface area contributed by atoms with Crippen molar-refractivity contribution in [3.8, 4) is 6.07 Å². The molecule has 3 N–H and O–H groups in total. The maximum absolute atomic E-state index is 12.2. The van der Waals surface area contributed by atoms with E-state index < -0.39 is 0 Å². The fourth-order valence-electron chi connectivity index (χ4n) is 4.01. The highest BCUT2D eigenvalue weighted by Crippen LogP contribution is 2.48. The second kappa shape index (κ2) is 6.37. The van der Waals surface area contributed by atoms with Crippen molar-refractivity contribution in [2.75, 3.05) is 11.9 Å². The van der Waals surface area contributed by atoms with Crippen molar-refractivity contribution in [3.05, 3.63) is 29.8 Å². The maximum Gasteiger partial charge on any atom is 0.319 e. The number of benzene rings is 1. The third-order valence-electron chi connectivity index (χ3n) is 5.09. The van der Waals surface area contributed by atoms with Crippen LogP contribution < -0.4 is 10.6 Å². The third kappa shape index (κ3) is 2.93.